The Labute approximate surface area is 184 Å². The van der Waals surface area contributed by atoms with Crippen LogP contribution in [0.3, 0.4) is 0 Å². The van der Waals surface area contributed by atoms with Crippen LogP contribution in [0.4, 0.5) is 0 Å². The van der Waals surface area contributed by atoms with Crippen LogP contribution >= 0.6 is 15.9 Å². The van der Waals surface area contributed by atoms with E-state index >= 15 is 0 Å². The average Bonchev–Trinajstić information content (AvgIpc) is 2.72. The predicted octanol–water partition coefficient (Wildman–Crippen LogP) is 3.08. The Balaban J connectivity index is 1.71. The molecule has 0 aliphatic carbocycles. The molecule has 2 aromatic carbocycles. The zero-order valence-electron chi connectivity index (χ0n) is 17.3. The lowest BCUT2D eigenvalue weighted by atomic mass is 10.1. The van der Waals surface area contributed by atoms with Gasteiger partial charge >= 0.3 is 0 Å². The number of hydrogen-bond donors (Lipinski definition) is 3. The van der Waals surface area contributed by atoms with Crippen molar-refractivity contribution in [2.75, 3.05) is 0 Å². The van der Waals surface area contributed by atoms with E-state index in [1.54, 1.807) is 6.92 Å². The summed E-state index contributed by atoms with van der Waals surface area (Å²) < 4.78 is 6.68. The molecule has 160 valence electrons. The summed E-state index contributed by atoms with van der Waals surface area (Å²) >= 11 is 3.42. The molecule has 0 heterocycles. The van der Waals surface area contributed by atoms with E-state index in [-0.39, 0.29) is 18.7 Å². The number of hydrogen-bond acceptors (Lipinski definition) is 4. The van der Waals surface area contributed by atoms with Crippen molar-refractivity contribution < 1.29 is 19.1 Å². The van der Waals surface area contributed by atoms with E-state index in [0.29, 0.717) is 12.3 Å². The standard InChI is InChI=1S/C22H26BrN3O4/c1-14-11-18(23)12-15(2)21(14)30-16(3)22(29)26-25-20(28)10-9-19(27)24-13-17-7-5-4-6-8-17/h4-8,11-12,16H,9-10,13H2,1-3H3,(H,24,27)(H,25,28)(H,26,29). The van der Waals surface area contributed by atoms with E-state index in [0.717, 1.165) is 21.2 Å². The highest BCUT2D eigenvalue weighted by atomic mass is 79.9. The van der Waals surface area contributed by atoms with Crippen molar-refractivity contribution in [3.8, 4) is 5.75 Å². The van der Waals surface area contributed by atoms with E-state index in [4.69, 9.17) is 4.74 Å². The third-order valence-electron chi connectivity index (χ3n) is 4.33. The van der Waals surface area contributed by atoms with Gasteiger partial charge in [-0.2, -0.15) is 0 Å². The highest BCUT2D eigenvalue weighted by Gasteiger charge is 2.18. The summed E-state index contributed by atoms with van der Waals surface area (Å²) in [6, 6.07) is 13.3. The number of amides is 3. The van der Waals surface area contributed by atoms with Crippen molar-refractivity contribution in [1.29, 1.82) is 0 Å². The quantitative estimate of drug-likeness (QED) is 0.511. The Bertz CT molecular complexity index is 880. The van der Waals surface area contributed by atoms with Gasteiger partial charge in [-0.15, -0.1) is 0 Å². The molecule has 0 radical (unpaired) electrons. The minimum absolute atomic E-state index is 0.0257. The van der Waals surface area contributed by atoms with E-state index in [9.17, 15) is 14.4 Å². The largest absolute Gasteiger partial charge is 0.480 e. The normalized spacial score (nSPS) is 11.3. The number of rotatable bonds is 8. The first-order valence-electron chi connectivity index (χ1n) is 9.59. The highest BCUT2D eigenvalue weighted by molar-refractivity contribution is 9.10. The van der Waals surface area contributed by atoms with Gasteiger partial charge in [0.1, 0.15) is 5.75 Å². The van der Waals surface area contributed by atoms with Crippen LogP contribution in [0.25, 0.3) is 0 Å². The van der Waals surface area contributed by atoms with Crippen molar-refractivity contribution in [3.05, 3.63) is 63.6 Å². The Morgan fingerprint density at radius 3 is 2.20 bits per heavy atom. The minimum atomic E-state index is -0.807. The number of ether oxygens (including phenoxy) is 1. The van der Waals surface area contributed by atoms with Gasteiger partial charge in [0.25, 0.3) is 5.91 Å². The smallest absolute Gasteiger partial charge is 0.279 e. The second-order valence-corrected chi connectivity index (χ2v) is 7.84. The Kier molecular flexibility index (Phi) is 8.86. The predicted molar refractivity (Wildman–Crippen MR) is 118 cm³/mol. The molecule has 2 rings (SSSR count). The molecular weight excluding hydrogens is 450 g/mol. The van der Waals surface area contributed by atoms with Crippen LogP contribution < -0.4 is 20.9 Å². The molecule has 0 aliphatic heterocycles. The molecule has 8 heteroatoms. The Morgan fingerprint density at radius 2 is 1.57 bits per heavy atom. The highest BCUT2D eigenvalue weighted by Crippen LogP contribution is 2.28. The Morgan fingerprint density at radius 1 is 0.967 bits per heavy atom. The summed E-state index contributed by atoms with van der Waals surface area (Å²) in [6.45, 7) is 5.78. The zero-order chi connectivity index (χ0) is 22.1. The molecule has 2 aromatic rings. The van der Waals surface area contributed by atoms with Gasteiger partial charge in [0.2, 0.25) is 11.8 Å². The van der Waals surface area contributed by atoms with Crippen molar-refractivity contribution in [3.63, 3.8) is 0 Å². The number of nitrogens with one attached hydrogen (secondary N) is 3. The molecule has 0 saturated heterocycles. The molecule has 1 unspecified atom stereocenters. The van der Waals surface area contributed by atoms with Gasteiger partial charge in [0.15, 0.2) is 6.10 Å². The van der Waals surface area contributed by atoms with Crippen LogP contribution in [0.2, 0.25) is 0 Å². The molecular formula is C22H26BrN3O4. The fraction of sp³-hybridized carbons (Fsp3) is 0.318. The maximum Gasteiger partial charge on any atom is 0.279 e. The number of carbonyl (C=O) groups is 3. The summed E-state index contributed by atoms with van der Waals surface area (Å²) in [4.78, 5) is 36.0. The lowest BCUT2D eigenvalue weighted by Crippen LogP contribution is -2.47. The van der Waals surface area contributed by atoms with E-state index in [1.807, 2.05) is 56.3 Å². The summed E-state index contributed by atoms with van der Waals surface area (Å²) in [5, 5.41) is 2.75. The number of carbonyl (C=O) groups excluding carboxylic acids is 3. The molecule has 0 fully saturated rings. The third kappa shape index (κ3) is 7.51. The monoisotopic (exact) mass is 475 g/mol. The third-order valence-corrected chi connectivity index (χ3v) is 4.78. The summed E-state index contributed by atoms with van der Waals surface area (Å²) in [6.07, 6.45) is -0.822. The molecule has 0 bridgehead atoms. The van der Waals surface area contributed by atoms with Crippen LogP contribution in [0.15, 0.2) is 46.9 Å². The minimum Gasteiger partial charge on any atom is -0.480 e. The molecule has 0 spiro atoms. The molecule has 30 heavy (non-hydrogen) atoms. The van der Waals surface area contributed by atoms with Gasteiger partial charge in [-0.3, -0.25) is 25.2 Å². The van der Waals surface area contributed by atoms with Gasteiger partial charge in [-0.05, 0) is 49.6 Å². The maximum atomic E-state index is 12.2. The maximum absolute atomic E-state index is 12.2. The molecule has 7 nitrogen and oxygen atoms in total. The van der Waals surface area contributed by atoms with Crippen LogP contribution in [0.1, 0.15) is 36.5 Å². The van der Waals surface area contributed by atoms with Gasteiger partial charge in [0.05, 0.1) is 0 Å². The average molecular weight is 476 g/mol. The van der Waals surface area contributed by atoms with Crippen LogP contribution in [0, 0.1) is 13.8 Å². The molecule has 3 N–H and O–H groups in total. The van der Waals surface area contributed by atoms with Crippen molar-refractivity contribution in [1.82, 2.24) is 16.2 Å². The fourth-order valence-corrected chi connectivity index (χ4v) is 3.41. The summed E-state index contributed by atoms with van der Waals surface area (Å²) in [5.74, 6) is -0.555. The van der Waals surface area contributed by atoms with Gasteiger partial charge in [-0.25, -0.2) is 0 Å². The molecule has 0 aliphatic rings. The van der Waals surface area contributed by atoms with Crippen LogP contribution in [-0.2, 0) is 20.9 Å². The molecule has 3 amide bonds. The lowest BCUT2D eigenvalue weighted by Gasteiger charge is -2.18. The number of aryl methyl sites for hydroxylation is 2. The molecule has 0 saturated carbocycles. The zero-order valence-corrected chi connectivity index (χ0v) is 18.8. The number of benzene rings is 2. The summed E-state index contributed by atoms with van der Waals surface area (Å²) in [5.41, 5.74) is 7.41. The van der Waals surface area contributed by atoms with E-state index in [1.165, 1.54) is 0 Å². The first-order valence-corrected chi connectivity index (χ1v) is 10.4. The van der Waals surface area contributed by atoms with Gasteiger partial charge < -0.3 is 10.1 Å². The first-order chi connectivity index (χ1) is 14.3. The molecule has 0 aromatic heterocycles. The van der Waals surface area contributed by atoms with Crippen LogP contribution in [0.5, 0.6) is 5.75 Å². The van der Waals surface area contributed by atoms with Crippen molar-refractivity contribution >= 4 is 33.7 Å². The van der Waals surface area contributed by atoms with Crippen LogP contribution in [-0.4, -0.2) is 23.8 Å². The molecule has 1 atom stereocenters. The van der Waals surface area contributed by atoms with E-state index in [2.05, 4.69) is 32.1 Å². The van der Waals surface area contributed by atoms with Gasteiger partial charge in [-0.1, -0.05) is 46.3 Å². The number of hydrazine groups is 1. The van der Waals surface area contributed by atoms with Crippen molar-refractivity contribution in [2.45, 2.75) is 46.3 Å². The number of halogens is 1. The SMILES string of the molecule is Cc1cc(Br)cc(C)c1OC(C)C(=O)NNC(=O)CCC(=O)NCc1ccccc1. The fourth-order valence-electron chi connectivity index (χ4n) is 2.72. The van der Waals surface area contributed by atoms with Gasteiger partial charge in [0, 0.05) is 23.9 Å². The summed E-state index contributed by atoms with van der Waals surface area (Å²) in [7, 11) is 0. The first kappa shape index (κ1) is 23.4. The van der Waals surface area contributed by atoms with Crippen molar-refractivity contribution in [2.24, 2.45) is 0 Å². The second kappa shape index (κ2) is 11.3. The lowest BCUT2D eigenvalue weighted by molar-refractivity contribution is -0.133. The van der Waals surface area contributed by atoms with E-state index < -0.39 is 17.9 Å². The Hall–Kier alpha value is -2.87. The second-order valence-electron chi connectivity index (χ2n) is 6.93. The topological polar surface area (TPSA) is 96.5 Å².